The lowest BCUT2D eigenvalue weighted by molar-refractivity contribution is -0.139. The highest BCUT2D eigenvalue weighted by Crippen LogP contribution is 2.32. The summed E-state index contributed by atoms with van der Waals surface area (Å²) in [6.07, 6.45) is 0. The van der Waals surface area contributed by atoms with Crippen LogP contribution in [0.1, 0.15) is 31.0 Å². The molecule has 0 fully saturated rings. The van der Waals surface area contributed by atoms with Crippen LogP contribution >= 0.6 is 11.3 Å². The maximum Gasteiger partial charge on any atom is 0.338 e. The maximum absolute atomic E-state index is 13.7. The van der Waals surface area contributed by atoms with Crippen molar-refractivity contribution in [3.05, 3.63) is 96.7 Å². The number of ether oxygens (including phenoxy) is 1. The van der Waals surface area contributed by atoms with Gasteiger partial charge in [-0.1, -0.05) is 59.9 Å². The molecule has 0 bridgehead atoms. The third-order valence-electron chi connectivity index (χ3n) is 5.51. The van der Waals surface area contributed by atoms with Crippen LogP contribution in [-0.4, -0.2) is 23.1 Å². The number of anilines is 1. The third kappa shape index (κ3) is 3.03. The van der Waals surface area contributed by atoms with Crippen LogP contribution in [0.5, 0.6) is 0 Å². The summed E-state index contributed by atoms with van der Waals surface area (Å²) in [4.78, 5) is 44.3. The van der Waals surface area contributed by atoms with Crippen molar-refractivity contribution in [3.63, 3.8) is 0 Å². The Morgan fingerprint density at radius 1 is 1.12 bits per heavy atom. The van der Waals surface area contributed by atoms with Gasteiger partial charge in [0.25, 0.3) is 11.5 Å². The Balaban J connectivity index is 1.83. The SMILES string of the molecule is CCOC(=O)C1=C(C)N=c2sc(=C3C(=O)Nc4ccccc43)c(=O)n2C1c1ccccc1. The van der Waals surface area contributed by atoms with Gasteiger partial charge in [-0.2, -0.15) is 0 Å². The van der Waals surface area contributed by atoms with Crippen molar-refractivity contribution in [2.75, 3.05) is 11.9 Å². The number of nitrogens with zero attached hydrogens (tertiary/aromatic N) is 2. The molecule has 0 radical (unpaired) electrons. The molecule has 5 rings (SSSR count). The molecule has 2 aliphatic rings. The molecule has 3 aromatic rings. The van der Waals surface area contributed by atoms with Crippen molar-refractivity contribution in [3.8, 4) is 0 Å². The van der Waals surface area contributed by atoms with Crippen molar-refractivity contribution < 1.29 is 14.3 Å². The van der Waals surface area contributed by atoms with Gasteiger partial charge in [0.05, 0.1) is 29.5 Å². The molecule has 0 spiro atoms. The number of rotatable bonds is 3. The Bertz CT molecular complexity index is 1480. The standard InChI is InChI=1S/C24H19N3O4S/c1-3-31-23(30)17-13(2)25-24-27(19(17)14-9-5-4-6-10-14)22(29)20(32-24)18-15-11-7-8-12-16(15)26-21(18)28/h4-12,19H,3H2,1-2H3,(H,26,28). The normalized spacial score (nSPS) is 18.6. The van der Waals surface area contributed by atoms with Gasteiger partial charge in [0.1, 0.15) is 4.53 Å². The van der Waals surface area contributed by atoms with Gasteiger partial charge >= 0.3 is 5.97 Å². The zero-order chi connectivity index (χ0) is 22.4. The van der Waals surface area contributed by atoms with Crippen LogP contribution in [0.3, 0.4) is 0 Å². The van der Waals surface area contributed by atoms with Crippen LogP contribution in [0, 0.1) is 0 Å². The average molecular weight is 446 g/mol. The number of amides is 1. The number of nitrogens with one attached hydrogen (secondary N) is 1. The lowest BCUT2D eigenvalue weighted by atomic mass is 9.96. The molecule has 0 aliphatic carbocycles. The summed E-state index contributed by atoms with van der Waals surface area (Å²) in [5.74, 6) is -0.835. The number of hydrogen-bond acceptors (Lipinski definition) is 6. The van der Waals surface area contributed by atoms with Crippen LogP contribution in [-0.2, 0) is 14.3 Å². The van der Waals surface area contributed by atoms with Gasteiger partial charge in [0, 0.05) is 11.3 Å². The first-order valence-corrected chi connectivity index (χ1v) is 11.0. The second kappa shape index (κ2) is 7.72. The number of allylic oxidation sites excluding steroid dienone is 1. The highest BCUT2D eigenvalue weighted by Gasteiger charge is 2.34. The molecule has 1 amide bonds. The molecule has 7 nitrogen and oxygen atoms in total. The Morgan fingerprint density at radius 2 is 1.84 bits per heavy atom. The summed E-state index contributed by atoms with van der Waals surface area (Å²) in [5.41, 5.74) is 2.89. The average Bonchev–Trinajstić information content (AvgIpc) is 3.28. The second-order valence-electron chi connectivity index (χ2n) is 7.41. The van der Waals surface area contributed by atoms with Crippen molar-refractivity contribution in [1.82, 2.24) is 4.57 Å². The quantitative estimate of drug-likeness (QED) is 0.626. The monoisotopic (exact) mass is 445 g/mol. The molecule has 160 valence electrons. The molecule has 0 saturated carbocycles. The van der Waals surface area contributed by atoms with Gasteiger partial charge in [-0.25, -0.2) is 9.79 Å². The molecule has 8 heteroatoms. The van der Waals surface area contributed by atoms with E-state index in [0.717, 1.165) is 16.9 Å². The van der Waals surface area contributed by atoms with Crippen LogP contribution in [0.25, 0.3) is 5.57 Å². The maximum atomic E-state index is 13.7. The highest BCUT2D eigenvalue weighted by atomic mass is 32.1. The highest BCUT2D eigenvalue weighted by molar-refractivity contribution is 7.07. The van der Waals surface area contributed by atoms with Crippen LogP contribution in [0.15, 0.2) is 75.7 Å². The Kier molecular flexibility index (Phi) is 4.86. The molecule has 3 heterocycles. The zero-order valence-electron chi connectivity index (χ0n) is 17.4. The minimum absolute atomic E-state index is 0.211. The molecule has 2 aromatic carbocycles. The van der Waals surface area contributed by atoms with Gasteiger partial charge < -0.3 is 10.1 Å². The summed E-state index contributed by atoms with van der Waals surface area (Å²) >= 11 is 1.16. The number of aromatic nitrogens is 1. The number of benzene rings is 2. The number of esters is 1. The number of thiazole rings is 1. The van der Waals surface area contributed by atoms with Gasteiger partial charge in [-0.15, -0.1) is 0 Å². The molecule has 1 unspecified atom stereocenters. The predicted octanol–water partition coefficient (Wildman–Crippen LogP) is 2.12. The summed E-state index contributed by atoms with van der Waals surface area (Å²) < 4.78 is 7.08. The van der Waals surface area contributed by atoms with E-state index in [-0.39, 0.29) is 18.1 Å². The summed E-state index contributed by atoms with van der Waals surface area (Å²) in [6.45, 7) is 3.68. The Hall–Kier alpha value is -3.78. The number of carbonyl (C=O) groups is 2. The molecular weight excluding hydrogens is 426 g/mol. The summed E-state index contributed by atoms with van der Waals surface area (Å²) in [5, 5.41) is 2.82. The van der Waals surface area contributed by atoms with Gasteiger partial charge in [0.15, 0.2) is 4.80 Å². The second-order valence-corrected chi connectivity index (χ2v) is 8.39. The minimum Gasteiger partial charge on any atom is -0.463 e. The van der Waals surface area contributed by atoms with Crippen LogP contribution < -0.4 is 20.2 Å². The van der Waals surface area contributed by atoms with Crippen LogP contribution in [0.2, 0.25) is 0 Å². The Morgan fingerprint density at radius 3 is 2.59 bits per heavy atom. The van der Waals surface area contributed by atoms with E-state index in [9.17, 15) is 14.4 Å². The van der Waals surface area contributed by atoms with Crippen molar-refractivity contribution >= 4 is 34.5 Å². The minimum atomic E-state index is -0.694. The number of carbonyl (C=O) groups excluding carboxylic acids is 2. The van der Waals surface area contributed by atoms with Crippen molar-refractivity contribution in [1.29, 1.82) is 0 Å². The lowest BCUT2D eigenvalue weighted by Crippen LogP contribution is -2.40. The predicted molar refractivity (Wildman–Crippen MR) is 121 cm³/mol. The first-order chi connectivity index (χ1) is 15.5. The van der Waals surface area contributed by atoms with E-state index in [0.29, 0.717) is 37.4 Å². The van der Waals surface area contributed by atoms with Gasteiger partial charge in [-0.05, 0) is 25.5 Å². The van der Waals surface area contributed by atoms with E-state index in [1.807, 2.05) is 48.5 Å². The fraction of sp³-hybridized carbons (Fsp3) is 0.167. The van der Waals surface area contributed by atoms with E-state index < -0.39 is 12.0 Å². The molecular formula is C24H19N3O4S. The first kappa shape index (κ1) is 20.1. The molecule has 0 saturated heterocycles. The molecule has 32 heavy (non-hydrogen) atoms. The zero-order valence-corrected chi connectivity index (χ0v) is 18.2. The molecule has 1 N–H and O–H groups in total. The Labute approximate surface area is 187 Å². The van der Waals surface area contributed by atoms with E-state index in [1.54, 1.807) is 19.9 Å². The lowest BCUT2D eigenvalue weighted by Gasteiger charge is -2.24. The molecule has 2 aliphatic heterocycles. The summed E-state index contributed by atoms with van der Waals surface area (Å²) in [6, 6.07) is 15.9. The van der Waals surface area contributed by atoms with Crippen molar-refractivity contribution in [2.24, 2.45) is 4.99 Å². The van der Waals surface area contributed by atoms with E-state index in [2.05, 4.69) is 10.3 Å². The fourth-order valence-corrected chi connectivity index (χ4v) is 5.28. The number of para-hydroxylation sites is 1. The van der Waals surface area contributed by atoms with Crippen molar-refractivity contribution in [2.45, 2.75) is 19.9 Å². The number of fused-ring (bicyclic) bond motifs is 2. The largest absolute Gasteiger partial charge is 0.463 e. The molecule has 1 atom stereocenters. The van der Waals surface area contributed by atoms with Gasteiger partial charge in [0.2, 0.25) is 0 Å². The fourth-order valence-electron chi connectivity index (χ4n) is 4.14. The smallest absolute Gasteiger partial charge is 0.338 e. The first-order valence-electron chi connectivity index (χ1n) is 10.2. The topological polar surface area (TPSA) is 89.8 Å². The summed E-state index contributed by atoms with van der Waals surface area (Å²) in [7, 11) is 0. The van der Waals surface area contributed by atoms with E-state index in [1.165, 1.54) is 4.57 Å². The molecule has 1 aromatic heterocycles. The number of hydrogen-bond donors (Lipinski definition) is 1. The van der Waals surface area contributed by atoms with E-state index >= 15 is 0 Å². The van der Waals surface area contributed by atoms with E-state index in [4.69, 9.17) is 4.74 Å². The third-order valence-corrected chi connectivity index (χ3v) is 6.56. The van der Waals surface area contributed by atoms with Crippen LogP contribution in [0.4, 0.5) is 5.69 Å². The van der Waals surface area contributed by atoms with Gasteiger partial charge in [-0.3, -0.25) is 14.2 Å².